The topological polar surface area (TPSA) is 69.3 Å². The second-order valence-electron chi connectivity index (χ2n) is 7.60. The molecule has 172 valence electrons. The van der Waals surface area contributed by atoms with Gasteiger partial charge in [0, 0.05) is 43.7 Å². The van der Waals surface area contributed by atoms with Gasteiger partial charge in [-0.05, 0) is 35.9 Å². The Kier molecular flexibility index (Phi) is 7.57. The van der Waals surface area contributed by atoms with Crippen LogP contribution >= 0.6 is 35.0 Å². The van der Waals surface area contributed by atoms with Gasteiger partial charge in [-0.25, -0.2) is 9.37 Å². The molecule has 0 bridgehead atoms. The molecule has 0 atom stereocenters. The number of anilines is 1. The van der Waals surface area contributed by atoms with Gasteiger partial charge in [0.1, 0.15) is 5.82 Å². The number of H-pyrrole nitrogens is 1. The first-order chi connectivity index (χ1) is 15.9. The molecule has 1 aliphatic heterocycles. The van der Waals surface area contributed by atoms with Gasteiger partial charge in [0.05, 0.1) is 22.2 Å². The Labute approximate surface area is 204 Å². The van der Waals surface area contributed by atoms with E-state index in [1.807, 2.05) is 12.1 Å². The Morgan fingerprint density at radius 2 is 1.76 bits per heavy atom. The summed E-state index contributed by atoms with van der Waals surface area (Å²) in [4.78, 5) is 35.9. The summed E-state index contributed by atoms with van der Waals surface area (Å²) < 4.78 is 13.1. The van der Waals surface area contributed by atoms with E-state index in [9.17, 15) is 14.0 Å². The van der Waals surface area contributed by atoms with E-state index in [4.69, 9.17) is 23.2 Å². The molecular weight excluding hydrogens is 486 g/mol. The summed E-state index contributed by atoms with van der Waals surface area (Å²) in [6, 6.07) is 13.0. The van der Waals surface area contributed by atoms with Crippen molar-refractivity contribution in [3.05, 3.63) is 86.0 Å². The first-order valence-electron chi connectivity index (χ1n) is 10.3. The highest BCUT2D eigenvalue weighted by Crippen LogP contribution is 2.28. The van der Waals surface area contributed by atoms with Crippen molar-refractivity contribution in [3.63, 3.8) is 0 Å². The fraction of sp³-hybridized carbons (Fsp3) is 0.261. The van der Waals surface area contributed by atoms with Gasteiger partial charge in [-0.15, -0.1) is 0 Å². The smallest absolute Gasteiger partial charge is 0.251 e. The summed E-state index contributed by atoms with van der Waals surface area (Å²) in [5.41, 5.74) is 2.00. The Bertz CT molecular complexity index is 1200. The van der Waals surface area contributed by atoms with Crippen LogP contribution < -0.4 is 10.5 Å². The normalized spacial score (nSPS) is 13.9. The molecule has 10 heteroatoms. The minimum atomic E-state index is -0.307. The van der Waals surface area contributed by atoms with Crippen LogP contribution in [0, 0.1) is 5.82 Å². The Balaban J connectivity index is 1.34. The van der Waals surface area contributed by atoms with E-state index >= 15 is 0 Å². The van der Waals surface area contributed by atoms with E-state index in [0.29, 0.717) is 52.8 Å². The van der Waals surface area contributed by atoms with Gasteiger partial charge >= 0.3 is 0 Å². The third-order valence-electron chi connectivity index (χ3n) is 5.29. The number of carbonyl (C=O) groups excluding carboxylic acids is 1. The van der Waals surface area contributed by atoms with Gasteiger partial charge in [0.25, 0.3) is 5.56 Å². The average Bonchev–Trinajstić information content (AvgIpc) is 2.80. The van der Waals surface area contributed by atoms with Gasteiger partial charge in [0.15, 0.2) is 5.16 Å². The van der Waals surface area contributed by atoms with E-state index in [-0.39, 0.29) is 23.7 Å². The van der Waals surface area contributed by atoms with Gasteiger partial charge in [-0.3, -0.25) is 9.59 Å². The van der Waals surface area contributed by atoms with Crippen LogP contribution in [0.1, 0.15) is 11.3 Å². The zero-order valence-electron chi connectivity index (χ0n) is 17.6. The molecule has 2 heterocycles. The summed E-state index contributed by atoms with van der Waals surface area (Å²) in [5, 5.41) is 1.44. The third-order valence-corrected chi connectivity index (χ3v) is 6.98. The van der Waals surface area contributed by atoms with E-state index in [2.05, 4.69) is 14.9 Å². The molecule has 0 saturated carbocycles. The molecule has 4 rings (SSSR count). The van der Waals surface area contributed by atoms with Crippen LogP contribution in [0.25, 0.3) is 0 Å². The Hall–Kier alpha value is -2.55. The monoisotopic (exact) mass is 506 g/mol. The number of halogens is 3. The SMILES string of the molecule is O=C(Cc1cc(=O)[nH]c(SCc2ccc(F)cc2)n1)N1CCN(c2ccc(Cl)c(Cl)c2)CC1. The van der Waals surface area contributed by atoms with Crippen molar-refractivity contribution in [3.8, 4) is 0 Å². The van der Waals surface area contributed by atoms with Crippen molar-refractivity contribution in [2.75, 3.05) is 31.1 Å². The number of nitrogens with zero attached hydrogens (tertiary/aromatic N) is 3. The minimum Gasteiger partial charge on any atom is -0.368 e. The second kappa shape index (κ2) is 10.6. The lowest BCUT2D eigenvalue weighted by Crippen LogP contribution is -2.49. The molecule has 33 heavy (non-hydrogen) atoms. The number of hydrogen-bond acceptors (Lipinski definition) is 5. The van der Waals surface area contributed by atoms with Crippen molar-refractivity contribution < 1.29 is 9.18 Å². The summed E-state index contributed by atoms with van der Waals surface area (Å²) in [6.07, 6.45) is 0.0564. The molecule has 2 aromatic carbocycles. The van der Waals surface area contributed by atoms with Gasteiger partial charge in [-0.2, -0.15) is 0 Å². The molecule has 1 aliphatic rings. The summed E-state index contributed by atoms with van der Waals surface area (Å²) in [5.74, 6) is 0.155. The molecule has 3 aromatic rings. The number of aromatic amines is 1. The van der Waals surface area contributed by atoms with Crippen LogP contribution in [0.5, 0.6) is 0 Å². The van der Waals surface area contributed by atoms with Crippen molar-refractivity contribution in [1.29, 1.82) is 0 Å². The predicted molar refractivity (Wildman–Crippen MR) is 130 cm³/mol. The van der Waals surface area contributed by atoms with Gasteiger partial charge < -0.3 is 14.8 Å². The van der Waals surface area contributed by atoms with Gasteiger partial charge in [-0.1, -0.05) is 47.1 Å². The second-order valence-corrected chi connectivity index (χ2v) is 9.38. The number of piperazine rings is 1. The van der Waals surface area contributed by atoms with Crippen molar-refractivity contribution in [2.24, 2.45) is 0 Å². The molecule has 0 aliphatic carbocycles. The molecule has 1 amide bonds. The highest BCUT2D eigenvalue weighted by atomic mass is 35.5. The maximum atomic E-state index is 13.1. The lowest BCUT2D eigenvalue weighted by Gasteiger charge is -2.36. The highest BCUT2D eigenvalue weighted by molar-refractivity contribution is 7.98. The molecule has 1 aromatic heterocycles. The molecule has 6 nitrogen and oxygen atoms in total. The van der Waals surface area contributed by atoms with Crippen LogP contribution in [0.3, 0.4) is 0 Å². The van der Waals surface area contributed by atoms with Crippen molar-refractivity contribution >= 4 is 46.6 Å². The van der Waals surface area contributed by atoms with Crippen molar-refractivity contribution in [2.45, 2.75) is 17.3 Å². The first kappa shape index (κ1) is 23.6. The Morgan fingerprint density at radius 3 is 2.45 bits per heavy atom. The predicted octanol–water partition coefficient (Wildman–Crippen LogP) is 4.40. The van der Waals surface area contributed by atoms with Crippen LogP contribution in [-0.4, -0.2) is 47.0 Å². The number of hydrogen-bond donors (Lipinski definition) is 1. The fourth-order valence-corrected chi connectivity index (χ4v) is 4.68. The largest absolute Gasteiger partial charge is 0.368 e. The molecular formula is C23H21Cl2FN4O2S. The minimum absolute atomic E-state index is 0.0564. The molecule has 1 N–H and O–H groups in total. The lowest BCUT2D eigenvalue weighted by molar-refractivity contribution is -0.130. The van der Waals surface area contributed by atoms with Crippen LogP contribution in [0.2, 0.25) is 10.0 Å². The van der Waals surface area contributed by atoms with E-state index < -0.39 is 0 Å². The zero-order chi connectivity index (χ0) is 23.4. The van der Waals surface area contributed by atoms with Crippen LogP contribution in [-0.2, 0) is 17.0 Å². The van der Waals surface area contributed by atoms with E-state index in [1.54, 1.807) is 23.1 Å². The number of nitrogens with one attached hydrogen (secondary N) is 1. The molecule has 0 spiro atoms. The average molecular weight is 507 g/mol. The van der Waals surface area contributed by atoms with E-state index in [0.717, 1.165) is 11.3 Å². The first-order valence-corrected chi connectivity index (χ1v) is 12.1. The number of aromatic nitrogens is 2. The quantitative estimate of drug-likeness (QED) is 0.396. The van der Waals surface area contributed by atoms with E-state index in [1.165, 1.54) is 30.0 Å². The van der Waals surface area contributed by atoms with Crippen LogP contribution in [0.15, 0.2) is 58.5 Å². The number of benzene rings is 2. The Morgan fingerprint density at radius 1 is 1.03 bits per heavy atom. The third kappa shape index (κ3) is 6.28. The number of carbonyl (C=O) groups is 1. The molecule has 0 radical (unpaired) electrons. The number of amides is 1. The van der Waals surface area contributed by atoms with Crippen LogP contribution in [0.4, 0.5) is 10.1 Å². The molecule has 1 saturated heterocycles. The van der Waals surface area contributed by atoms with Crippen molar-refractivity contribution in [1.82, 2.24) is 14.9 Å². The summed E-state index contributed by atoms with van der Waals surface area (Å²) in [7, 11) is 0. The lowest BCUT2D eigenvalue weighted by atomic mass is 10.2. The molecule has 1 fully saturated rings. The number of thioether (sulfide) groups is 1. The van der Waals surface area contributed by atoms with Gasteiger partial charge in [0.2, 0.25) is 5.91 Å². The maximum absolute atomic E-state index is 13.1. The fourth-order valence-electron chi connectivity index (χ4n) is 3.54. The highest BCUT2D eigenvalue weighted by Gasteiger charge is 2.22. The maximum Gasteiger partial charge on any atom is 0.251 e. The number of rotatable bonds is 6. The zero-order valence-corrected chi connectivity index (χ0v) is 19.9. The summed E-state index contributed by atoms with van der Waals surface area (Å²) in [6.45, 7) is 2.47. The summed E-state index contributed by atoms with van der Waals surface area (Å²) >= 11 is 13.4. The standard InChI is InChI=1S/C23H21Cl2FN4O2S/c24-19-6-5-18(13-20(19)25)29-7-9-30(10-8-29)22(32)12-17-11-21(31)28-23(27-17)33-14-15-1-3-16(26)4-2-15/h1-6,11,13H,7-10,12,14H2,(H,27,28,31). The molecule has 0 unspecified atom stereocenters.